The van der Waals surface area contributed by atoms with Gasteiger partial charge in [0.1, 0.15) is 0 Å². The smallest absolute Gasteiger partial charge is 0.261 e. The highest BCUT2D eigenvalue weighted by atomic mass is 127. The number of carbonyl (C=O) groups excluding carboxylic acids is 1. The van der Waals surface area contributed by atoms with Crippen LogP contribution in [0.2, 0.25) is 0 Å². The zero-order valence-corrected chi connectivity index (χ0v) is 20.6. The van der Waals surface area contributed by atoms with Gasteiger partial charge in [-0.15, -0.1) is 0 Å². The third kappa shape index (κ3) is 6.02. The molecule has 160 valence electrons. The van der Waals surface area contributed by atoms with E-state index in [1.807, 2.05) is 32.0 Å². The molecule has 3 aromatic carbocycles. The summed E-state index contributed by atoms with van der Waals surface area (Å²) < 4.78 is 28.7. The van der Waals surface area contributed by atoms with Gasteiger partial charge in [0.15, 0.2) is 5.11 Å². The summed E-state index contributed by atoms with van der Waals surface area (Å²) in [7, 11) is -3.73. The molecule has 0 atom stereocenters. The van der Waals surface area contributed by atoms with E-state index in [0.717, 1.165) is 14.7 Å². The van der Waals surface area contributed by atoms with E-state index in [0.29, 0.717) is 16.9 Å². The predicted molar refractivity (Wildman–Crippen MR) is 136 cm³/mol. The lowest BCUT2D eigenvalue weighted by Crippen LogP contribution is -2.34. The summed E-state index contributed by atoms with van der Waals surface area (Å²) in [6.45, 7) is 3.89. The Balaban J connectivity index is 1.65. The van der Waals surface area contributed by atoms with E-state index in [1.54, 1.807) is 36.4 Å². The van der Waals surface area contributed by atoms with Gasteiger partial charge in [0.2, 0.25) is 0 Å². The molecule has 3 N–H and O–H groups in total. The van der Waals surface area contributed by atoms with Crippen LogP contribution in [-0.2, 0) is 10.0 Å². The number of thiocarbonyl (C=S) groups is 1. The first-order valence-corrected chi connectivity index (χ1v) is 12.2. The molecule has 0 spiro atoms. The Morgan fingerprint density at radius 1 is 0.903 bits per heavy atom. The average molecular weight is 565 g/mol. The molecule has 31 heavy (non-hydrogen) atoms. The molecule has 6 nitrogen and oxygen atoms in total. The number of nitrogens with one attached hydrogen (secondary N) is 3. The number of aryl methyl sites for hydroxylation is 2. The zero-order chi connectivity index (χ0) is 22.6. The summed E-state index contributed by atoms with van der Waals surface area (Å²) in [6.07, 6.45) is 0. The van der Waals surface area contributed by atoms with E-state index in [2.05, 4.69) is 37.9 Å². The van der Waals surface area contributed by atoms with Gasteiger partial charge in [0.05, 0.1) is 10.5 Å². The SMILES string of the molecule is Cc1ccc(NS(=O)(=O)c2ccc(NC(=S)NC(=O)c3ccccc3I)cc2)cc1C. The second-order valence-corrected chi connectivity index (χ2v) is 10.1. The third-order valence-electron chi connectivity index (χ3n) is 4.53. The maximum absolute atomic E-state index is 12.7. The molecule has 0 radical (unpaired) electrons. The first-order chi connectivity index (χ1) is 14.7. The highest BCUT2D eigenvalue weighted by Gasteiger charge is 2.15. The van der Waals surface area contributed by atoms with Crippen LogP contribution in [0.5, 0.6) is 0 Å². The van der Waals surface area contributed by atoms with Gasteiger partial charge in [-0.25, -0.2) is 8.42 Å². The van der Waals surface area contributed by atoms with Gasteiger partial charge in [-0.05, 0) is 108 Å². The fourth-order valence-corrected chi connectivity index (χ4v) is 4.61. The summed E-state index contributed by atoms with van der Waals surface area (Å²) in [5.41, 5.74) is 3.66. The Bertz CT molecular complexity index is 1240. The number of benzene rings is 3. The first kappa shape index (κ1) is 23.2. The second-order valence-electron chi connectivity index (χ2n) is 6.82. The van der Waals surface area contributed by atoms with Crippen LogP contribution in [-0.4, -0.2) is 19.4 Å². The van der Waals surface area contributed by atoms with Crippen molar-refractivity contribution in [2.45, 2.75) is 18.7 Å². The lowest BCUT2D eigenvalue weighted by molar-refractivity contribution is 0.0977. The molecular formula is C22H20IN3O3S2. The molecule has 0 heterocycles. The van der Waals surface area contributed by atoms with Gasteiger partial charge in [0, 0.05) is 14.9 Å². The fraction of sp³-hybridized carbons (Fsp3) is 0.0909. The quantitative estimate of drug-likeness (QED) is 0.305. The maximum Gasteiger partial charge on any atom is 0.261 e. The average Bonchev–Trinajstić information content (AvgIpc) is 2.71. The molecule has 0 aliphatic rings. The molecule has 3 rings (SSSR count). The number of sulfonamides is 1. The molecule has 0 aliphatic heterocycles. The van der Waals surface area contributed by atoms with Crippen molar-refractivity contribution in [3.05, 3.63) is 87.0 Å². The van der Waals surface area contributed by atoms with Crippen molar-refractivity contribution in [1.82, 2.24) is 5.32 Å². The summed E-state index contributed by atoms with van der Waals surface area (Å²) in [4.78, 5) is 12.5. The van der Waals surface area contributed by atoms with Gasteiger partial charge in [0.25, 0.3) is 15.9 Å². The highest BCUT2D eigenvalue weighted by molar-refractivity contribution is 14.1. The largest absolute Gasteiger partial charge is 0.332 e. The molecular weight excluding hydrogens is 545 g/mol. The molecule has 0 aromatic heterocycles. The fourth-order valence-electron chi connectivity index (χ4n) is 2.71. The molecule has 1 amide bonds. The Hall–Kier alpha value is -2.50. The van der Waals surface area contributed by atoms with E-state index in [-0.39, 0.29) is 15.9 Å². The molecule has 0 aliphatic carbocycles. The number of halogens is 1. The number of rotatable bonds is 5. The number of carbonyl (C=O) groups is 1. The van der Waals surface area contributed by atoms with Crippen LogP contribution in [0, 0.1) is 17.4 Å². The minimum atomic E-state index is -3.73. The molecule has 0 unspecified atom stereocenters. The van der Waals surface area contributed by atoms with Crippen LogP contribution < -0.4 is 15.4 Å². The summed E-state index contributed by atoms with van der Waals surface area (Å²) in [5.74, 6) is -0.320. The topological polar surface area (TPSA) is 87.3 Å². The van der Waals surface area contributed by atoms with E-state index < -0.39 is 10.0 Å². The third-order valence-corrected chi connectivity index (χ3v) is 7.07. The van der Waals surface area contributed by atoms with E-state index in [4.69, 9.17) is 12.2 Å². The molecule has 0 saturated carbocycles. The summed E-state index contributed by atoms with van der Waals surface area (Å²) in [6, 6.07) is 18.7. The lowest BCUT2D eigenvalue weighted by Gasteiger charge is -2.12. The number of amides is 1. The van der Waals surface area contributed by atoms with Crippen LogP contribution in [0.4, 0.5) is 11.4 Å². The molecule has 3 aromatic rings. The number of anilines is 2. The first-order valence-electron chi connectivity index (χ1n) is 9.23. The van der Waals surface area contributed by atoms with Gasteiger partial charge in [-0.2, -0.15) is 0 Å². The minimum Gasteiger partial charge on any atom is -0.332 e. The van der Waals surface area contributed by atoms with E-state index >= 15 is 0 Å². The van der Waals surface area contributed by atoms with Crippen molar-refractivity contribution >= 4 is 67.2 Å². The van der Waals surface area contributed by atoms with Crippen LogP contribution >= 0.6 is 34.8 Å². The van der Waals surface area contributed by atoms with Gasteiger partial charge in [-0.3, -0.25) is 14.8 Å². The monoisotopic (exact) mass is 565 g/mol. The van der Waals surface area contributed by atoms with Crippen molar-refractivity contribution in [3.63, 3.8) is 0 Å². The van der Waals surface area contributed by atoms with Gasteiger partial charge >= 0.3 is 0 Å². The normalized spacial score (nSPS) is 10.9. The van der Waals surface area contributed by atoms with Gasteiger partial charge in [-0.1, -0.05) is 18.2 Å². The molecule has 9 heteroatoms. The summed E-state index contributed by atoms with van der Waals surface area (Å²) in [5, 5.41) is 5.62. The Labute approximate surface area is 200 Å². The van der Waals surface area contributed by atoms with Crippen molar-refractivity contribution in [2.24, 2.45) is 0 Å². The van der Waals surface area contributed by atoms with Crippen molar-refractivity contribution in [2.75, 3.05) is 10.0 Å². The number of hydrogen-bond donors (Lipinski definition) is 3. The molecule has 0 fully saturated rings. The molecule has 0 saturated heterocycles. The van der Waals surface area contributed by atoms with Crippen LogP contribution in [0.15, 0.2) is 71.6 Å². The standard InChI is InChI=1S/C22H20IN3O3S2/c1-14-7-8-17(13-15(14)2)26-31(28,29)18-11-9-16(10-12-18)24-22(30)25-21(27)19-5-3-4-6-20(19)23/h3-13,26H,1-2H3,(H2,24,25,27,30). The van der Waals surface area contributed by atoms with Crippen molar-refractivity contribution in [1.29, 1.82) is 0 Å². The van der Waals surface area contributed by atoms with Crippen LogP contribution in [0.25, 0.3) is 0 Å². The van der Waals surface area contributed by atoms with Crippen LogP contribution in [0.3, 0.4) is 0 Å². The maximum atomic E-state index is 12.7. The Kier molecular flexibility index (Phi) is 7.29. The molecule has 0 bridgehead atoms. The minimum absolute atomic E-state index is 0.116. The van der Waals surface area contributed by atoms with E-state index in [1.165, 1.54) is 12.1 Å². The van der Waals surface area contributed by atoms with Gasteiger partial charge < -0.3 is 5.32 Å². The van der Waals surface area contributed by atoms with Crippen LogP contribution in [0.1, 0.15) is 21.5 Å². The van der Waals surface area contributed by atoms with Crippen molar-refractivity contribution < 1.29 is 13.2 Å². The van der Waals surface area contributed by atoms with E-state index in [9.17, 15) is 13.2 Å². The lowest BCUT2D eigenvalue weighted by atomic mass is 10.1. The Morgan fingerprint density at radius 3 is 2.19 bits per heavy atom. The zero-order valence-electron chi connectivity index (χ0n) is 16.8. The second kappa shape index (κ2) is 9.75. The Morgan fingerprint density at radius 2 is 1.55 bits per heavy atom. The highest BCUT2D eigenvalue weighted by Crippen LogP contribution is 2.20. The predicted octanol–water partition coefficient (Wildman–Crippen LogP) is 4.84. The number of hydrogen-bond acceptors (Lipinski definition) is 4. The summed E-state index contributed by atoms with van der Waals surface area (Å²) >= 11 is 7.28. The van der Waals surface area contributed by atoms with Crippen molar-refractivity contribution in [3.8, 4) is 0 Å².